The van der Waals surface area contributed by atoms with Crippen LogP contribution in [0.4, 0.5) is 0 Å². The first-order chi connectivity index (χ1) is 13.7. The Bertz CT molecular complexity index is 950. The summed E-state index contributed by atoms with van der Waals surface area (Å²) in [7, 11) is -4.20. The second-order valence-electron chi connectivity index (χ2n) is 6.51. The van der Waals surface area contributed by atoms with Gasteiger partial charge in [-0.1, -0.05) is 6.92 Å². The summed E-state index contributed by atoms with van der Waals surface area (Å²) >= 11 is 0. The standard InChI is InChI=1S/C17H28N5O6P/c1-4-13-19-16-15(17(24)22(13)5-2)18-12-21(16)8-7-20(9-10-29(25,26)27)11-14(23)28-6-3/h12H,4-11H2,1-3H3,(H2,25,26,27). The monoisotopic (exact) mass is 429 g/mol. The summed E-state index contributed by atoms with van der Waals surface area (Å²) in [6, 6.07) is 0. The second kappa shape index (κ2) is 10.1. The van der Waals surface area contributed by atoms with Crippen LogP contribution in [-0.2, 0) is 33.6 Å². The number of carbonyl (C=O) groups excluding carboxylic acids is 1. The second-order valence-corrected chi connectivity index (χ2v) is 8.29. The quantitative estimate of drug-likeness (QED) is 0.379. The molecule has 2 N–H and O–H groups in total. The first-order valence-corrected chi connectivity index (χ1v) is 11.4. The molecule has 2 aromatic rings. The molecule has 2 rings (SSSR count). The highest BCUT2D eigenvalue weighted by Gasteiger charge is 2.19. The van der Waals surface area contributed by atoms with Crippen molar-refractivity contribution in [2.24, 2.45) is 0 Å². The zero-order valence-electron chi connectivity index (χ0n) is 16.9. The highest BCUT2D eigenvalue weighted by atomic mass is 31.2. The van der Waals surface area contributed by atoms with Gasteiger partial charge in [-0.15, -0.1) is 0 Å². The molecule has 0 saturated heterocycles. The highest BCUT2D eigenvalue weighted by molar-refractivity contribution is 7.51. The van der Waals surface area contributed by atoms with E-state index < -0.39 is 13.6 Å². The number of hydrogen-bond donors (Lipinski definition) is 2. The van der Waals surface area contributed by atoms with Crippen molar-refractivity contribution in [1.29, 1.82) is 0 Å². The molecular weight excluding hydrogens is 401 g/mol. The lowest BCUT2D eigenvalue weighted by molar-refractivity contribution is -0.144. The van der Waals surface area contributed by atoms with Gasteiger partial charge < -0.3 is 19.1 Å². The normalized spacial score (nSPS) is 12.1. The van der Waals surface area contributed by atoms with Gasteiger partial charge >= 0.3 is 13.6 Å². The molecule has 0 aliphatic rings. The van der Waals surface area contributed by atoms with Crippen LogP contribution in [0, 0.1) is 0 Å². The number of ether oxygens (including phenoxy) is 1. The predicted molar refractivity (Wildman–Crippen MR) is 107 cm³/mol. The van der Waals surface area contributed by atoms with Gasteiger partial charge in [-0.2, -0.15) is 0 Å². The largest absolute Gasteiger partial charge is 0.465 e. The average molecular weight is 429 g/mol. The van der Waals surface area contributed by atoms with Gasteiger partial charge in [0.25, 0.3) is 5.56 Å². The molecule has 0 fully saturated rings. The first-order valence-electron chi connectivity index (χ1n) is 9.57. The fraction of sp³-hybridized carbons (Fsp3) is 0.647. The van der Waals surface area contributed by atoms with Crippen molar-refractivity contribution >= 4 is 24.7 Å². The van der Waals surface area contributed by atoms with Gasteiger partial charge in [0.1, 0.15) is 5.82 Å². The smallest absolute Gasteiger partial charge is 0.326 e. The molecule has 2 aromatic heterocycles. The van der Waals surface area contributed by atoms with Crippen molar-refractivity contribution in [1.82, 2.24) is 24.0 Å². The van der Waals surface area contributed by atoms with Crippen molar-refractivity contribution in [3.8, 4) is 0 Å². The Morgan fingerprint density at radius 1 is 1.28 bits per heavy atom. The maximum atomic E-state index is 12.6. The van der Waals surface area contributed by atoms with Crippen LogP contribution >= 0.6 is 7.60 Å². The van der Waals surface area contributed by atoms with E-state index in [0.717, 1.165) is 0 Å². The maximum absolute atomic E-state index is 12.6. The molecule has 0 aliphatic carbocycles. The fourth-order valence-electron chi connectivity index (χ4n) is 3.01. The molecule has 0 aromatic carbocycles. The van der Waals surface area contributed by atoms with E-state index in [0.29, 0.717) is 37.5 Å². The third kappa shape index (κ3) is 6.20. The maximum Gasteiger partial charge on any atom is 0.326 e. The molecule has 0 bridgehead atoms. The van der Waals surface area contributed by atoms with Crippen LogP contribution in [-0.4, -0.2) is 72.2 Å². The lowest BCUT2D eigenvalue weighted by atomic mass is 10.4. The van der Waals surface area contributed by atoms with E-state index in [-0.39, 0.29) is 36.9 Å². The van der Waals surface area contributed by atoms with E-state index >= 15 is 0 Å². The molecule has 0 saturated carbocycles. The van der Waals surface area contributed by atoms with E-state index in [2.05, 4.69) is 9.97 Å². The molecule has 0 amide bonds. The van der Waals surface area contributed by atoms with Gasteiger partial charge in [-0.05, 0) is 13.8 Å². The number of imidazole rings is 1. The van der Waals surface area contributed by atoms with Crippen LogP contribution in [0.3, 0.4) is 0 Å². The predicted octanol–water partition coefficient (Wildman–Crippen LogP) is 0.218. The lowest BCUT2D eigenvalue weighted by Gasteiger charge is -2.21. The number of hydrogen-bond acceptors (Lipinski definition) is 7. The van der Waals surface area contributed by atoms with E-state index in [1.165, 1.54) is 6.33 Å². The third-order valence-electron chi connectivity index (χ3n) is 4.46. The lowest BCUT2D eigenvalue weighted by Crippen LogP contribution is -2.35. The molecule has 0 aliphatic heterocycles. The average Bonchev–Trinajstić information content (AvgIpc) is 3.06. The molecule has 12 heteroatoms. The number of fused-ring (bicyclic) bond motifs is 1. The summed E-state index contributed by atoms with van der Waals surface area (Å²) in [5.74, 6) is 0.197. The minimum atomic E-state index is -4.20. The summed E-state index contributed by atoms with van der Waals surface area (Å²) in [6.07, 6.45) is 1.75. The summed E-state index contributed by atoms with van der Waals surface area (Å²) in [5, 5.41) is 0. The molecule has 0 radical (unpaired) electrons. The Morgan fingerprint density at radius 2 is 2.00 bits per heavy atom. The molecule has 29 heavy (non-hydrogen) atoms. The van der Waals surface area contributed by atoms with E-state index in [4.69, 9.17) is 14.5 Å². The summed E-state index contributed by atoms with van der Waals surface area (Å²) < 4.78 is 19.4. The number of aromatic nitrogens is 4. The minimum Gasteiger partial charge on any atom is -0.465 e. The van der Waals surface area contributed by atoms with Crippen LogP contribution in [0.25, 0.3) is 11.2 Å². The van der Waals surface area contributed by atoms with Gasteiger partial charge in [0.2, 0.25) is 0 Å². The Labute approximate surface area is 168 Å². The third-order valence-corrected chi connectivity index (χ3v) is 5.24. The molecule has 2 heterocycles. The van der Waals surface area contributed by atoms with Gasteiger partial charge in [-0.3, -0.25) is 23.6 Å². The zero-order chi connectivity index (χ0) is 21.6. The zero-order valence-corrected chi connectivity index (χ0v) is 17.8. The SMILES string of the molecule is CCOC(=O)CN(CCn1cnc2c(=O)n(CC)c(CC)nc21)CCP(=O)(O)O. The van der Waals surface area contributed by atoms with Crippen molar-refractivity contribution in [3.63, 3.8) is 0 Å². The van der Waals surface area contributed by atoms with E-state index in [9.17, 15) is 14.2 Å². The van der Waals surface area contributed by atoms with Crippen molar-refractivity contribution in [2.75, 3.05) is 32.4 Å². The topological polar surface area (TPSA) is 140 Å². The number of aryl methyl sites for hydroxylation is 1. The molecule has 0 atom stereocenters. The van der Waals surface area contributed by atoms with Crippen LogP contribution in [0.2, 0.25) is 0 Å². The summed E-state index contributed by atoms with van der Waals surface area (Å²) in [5.41, 5.74) is 0.539. The fourth-order valence-corrected chi connectivity index (χ4v) is 3.55. The molecule has 11 nitrogen and oxygen atoms in total. The number of nitrogens with zero attached hydrogens (tertiary/aromatic N) is 5. The Hall–Kier alpha value is -2.07. The van der Waals surface area contributed by atoms with Crippen molar-refractivity contribution < 1.29 is 23.9 Å². The molecule has 0 spiro atoms. The van der Waals surface area contributed by atoms with Crippen LogP contribution in [0.15, 0.2) is 11.1 Å². The van der Waals surface area contributed by atoms with Gasteiger partial charge in [0, 0.05) is 32.6 Å². The van der Waals surface area contributed by atoms with Crippen molar-refractivity contribution in [3.05, 3.63) is 22.5 Å². The minimum absolute atomic E-state index is 0.0337. The Kier molecular flexibility index (Phi) is 8.09. The van der Waals surface area contributed by atoms with Crippen LogP contribution < -0.4 is 5.56 Å². The summed E-state index contributed by atoms with van der Waals surface area (Å²) in [4.78, 5) is 53.1. The van der Waals surface area contributed by atoms with E-state index in [1.54, 1.807) is 21.0 Å². The van der Waals surface area contributed by atoms with Gasteiger partial charge in [0.15, 0.2) is 11.2 Å². The van der Waals surface area contributed by atoms with Gasteiger partial charge in [-0.25, -0.2) is 9.97 Å². The Morgan fingerprint density at radius 3 is 2.59 bits per heavy atom. The highest BCUT2D eigenvalue weighted by Crippen LogP contribution is 2.33. The molecule has 0 unspecified atom stereocenters. The van der Waals surface area contributed by atoms with Crippen LogP contribution in [0.5, 0.6) is 0 Å². The number of rotatable bonds is 11. The molecule has 162 valence electrons. The van der Waals surface area contributed by atoms with Gasteiger partial charge in [0.05, 0.1) is 25.6 Å². The first kappa shape index (κ1) is 23.2. The number of esters is 1. The Balaban J connectivity index is 2.22. The van der Waals surface area contributed by atoms with E-state index in [1.807, 2.05) is 13.8 Å². The number of carbonyl (C=O) groups is 1. The van der Waals surface area contributed by atoms with Crippen molar-refractivity contribution in [2.45, 2.75) is 40.3 Å². The molecular formula is C17H28N5O6P. The summed E-state index contributed by atoms with van der Waals surface area (Å²) in [6.45, 7) is 6.83. The van der Waals surface area contributed by atoms with Crippen LogP contribution in [0.1, 0.15) is 26.6 Å².